The van der Waals surface area contributed by atoms with Gasteiger partial charge >= 0.3 is 18.9 Å². The van der Waals surface area contributed by atoms with Gasteiger partial charge in [0.1, 0.15) is 0 Å². The van der Waals surface area contributed by atoms with Gasteiger partial charge in [-0.1, -0.05) is 0 Å². The van der Waals surface area contributed by atoms with Crippen LogP contribution in [-0.4, -0.2) is 11.1 Å². The molecule has 0 aliphatic heterocycles. The van der Waals surface area contributed by atoms with Crippen molar-refractivity contribution in [2.75, 3.05) is 0 Å². The average molecular weight is 82.0 g/mol. The summed E-state index contributed by atoms with van der Waals surface area (Å²) in [6.45, 7) is 1.08. The molecular formula is C3H7LiO2. The molecule has 6 heavy (non-hydrogen) atoms. The Hall–Kier alpha value is 0.0674. The van der Waals surface area contributed by atoms with Crippen LogP contribution in [-0.2, 0) is 4.79 Å². The third-order valence-corrected chi connectivity index (χ3v) is 0. The van der Waals surface area contributed by atoms with Gasteiger partial charge in [-0.2, -0.15) is 0 Å². The van der Waals surface area contributed by atoms with Crippen LogP contribution in [0.3, 0.4) is 0 Å². The van der Waals surface area contributed by atoms with Crippen molar-refractivity contribution in [1.29, 1.82) is 0 Å². The van der Waals surface area contributed by atoms with E-state index in [0.717, 1.165) is 6.92 Å². The van der Waals surface area contributed by atoms with Crippen LogP contribution in [0.1, 0.15) is 6.92 Å². The monoisotopic (exact) mass is 82.1 g/mol. The summed E-state index contributed by atoms with van der Waals surface area (Å²) in [5.74, 6) is -0.833. The van der Waals surface area contributed by atoms with Crippen molar-refractivity contribution in [3.8, 4) is 0 Å². The first-order valence-corrected chi connectivity index (χ1v) is 0.928. The fraction of sp³-hybridized carbons (Fsp3) is 0.333. The zero-order chi connectivity index (χ0) is 3.58. The number of hydrogen-bond donors (Lipinski definition) is 1. The predicted octanol–water partition coefficient (Wildman–Crippen LogP) is -2.45. The Bertz CT molecular complexity index is 31.8. The zero-order valence-electron chi connectivity index (χ0n) is 4.36. The van der Waals surface area contributed by atoms with Crippen LogP contribution < -0.4 is 18.9 Å². The van der Waals surface area contributed by atoms with Crippen molar-refractivity contribution in [2.45, 2.75) is 6.92 Å². The van der Waals surface area contributed by atoms with E-state index in [2.05, 4.69) is 0 Å². The molecule has 3 heteroatoms. The Kier molecular flexibility index (Phi) is 24.6. The molecule has 0 aromatic rings. The van der Waals surface area contributed by atoms with E-state index in [1.165, 1.54) is 0 Å². The van der Waals surface area contributed by atoms with Crippen LogP contribution in [0.25, 0.3) is 0 Å². The smallest absolute Gasteiger partial charge is 0.481 e. The second kappa shape index (κ2) is 8.91. The molecule has 2 nitrogen and oxygen atoms in total. The summed E-state index contributed by atoms with van der Waals surface area (Å²) in [4.78, 5) is 9.00. The number of carboxylic acids is 1. The average Bonchev–Trinajstić information content (AvgIpc) is 0.811. The summed E-state index contributed by atoms with van der Waals surface area (Å²) >= 11 is 0. The Morgan fingerprint density at radius 2 is 1.67 bits per heavy atom. The number of hydrogen-bond acceptors (Lipinski definition) is 1. The Balaban J connectivity index is -0.0000000450. The fourth-order valence-electron chi connectivity index (χ4n) is 0. The molecule has 32 valence electrons. The SMILES string of the molecule is CC(=O)O.[CH3-].[Li+]. The Labute approximate surface area is 49.7 Å². The van der Waals surface area contributed by atoms with Crippen molar-refractivity contribution in [3.63, 3.8) is 0 Å². The molecule has 0 aromatic heterocycles. The number of carbonyl (C=O) groups is 1. The molecule has 0 aliphatic carbocycles. The van der Waals surface area contributed by atoms with Crippen LogP contribution in [0.5, 0.6) is 0 Å². The zero-order valence-corrected chi connectivity index (χ0v) is 4.36. The standard InChI is InChI=1S/C2H4O2.CH3.Li/c1-2(3)4;;/h1H3,(H,3,4);1H3;/q;-1;+1. The third-order valence-electron chi connectivity index (χ3n) is 0. The van der Waals surface area contributed by atoms with Gasteiger partial charge in [0.05, 0.1) is 0 Å². The van der Waals surface area contributed by atoms with Gasteiger partial charge in [0.2, 0.25) is 0 Å². The van der Waals surface area contributed by atoms with Crippen LogP contribution >= 0.6 is 0 Å². The minimum Gasteiger partial charge on any atom is -0.481 e. The molecule has 1 N–H and O–H groups in total. The van der Waals surface area contributed by atoms with E-state index in [1.54, 1.807) is 0 Å². The second-order valence-corrected chi connectivity index (χ2v) is 0.519. The maximum Gasteiger partial charge on any atom is 1.00 e. The van der Waals surface area contributed by atoms with Gasteiger partial charge in [0.15, 0.2) is 0 Å². The summed E-state index contributed by atoms with van der Waals surface area (Å²) in [5.41, 5.74) is 0. The molecule has 0 unspecified atom stereocenters. The molecular weight excluding hydrogens is 75.0 g/mol. The summed E-state index contributed by atoms with van der Waals surface area (Å²) < 4.78 is 0. The molecule has 0 rings (SSSR count). The van der Waals surface area contributed by atoms with Gasteiger partial charge in [0.25, 0.3) is 5.97 Å². The van der Waals surface area contributed by atoms with E-state index < -0.39 is 5.97 Å². The quantitative estimate of drug-likeness (QED) is 0.260. The molecule has 0 atom stereocenters. The molecule has 0 fully saturated rings. The summed E-state index contributed by atoms with van der Waals surface area (Å²) in [6.07, 6.45) is 0. The van der Waals surface area contributed by atoms with Crippen LogP contribution in [0.4, 0.5) is 0 Å². The molecule has 0 amide bonds. The minimum atomic E-state index is -0.833. The van der Waals surface area contributed by atoms with Crippen LogP contribution in [0, 0.1) is 7.43 Å². The van der Waals surface area contributed by atoms with E-state index in [9.17, 15) is 0 Å². The van der Waals surface area contributed by atoms with Crippen molar-refractivity contribution >= 4 is 5.97 Å². The van der Waals surface area contributed by atoms with Gasteiger partial charge in [-0.3, -0.25) is 4.79 Å². The predicted molar refractivity (Wildman–Crippen MR) is 19.7 cm³/mol. The maximum absolute atomic E-state index is 9.00. The Morgan fingerprint density at radius 3 is 1.67 bits per heavy atom. The number of carboxylic acid groups (broad SMARTS) is 1. The van der Waals surface area contributed by atoms with E-state index in [1.807, 2.05) is 0 Å². The summed E-state index contributed by atoms with van der Waals surface area (Å²) in [7, 11) is 0. The normalized spacial score (nSPS) is 4.17. The fourth-order valence-corrected chi connectivity index (χ4v) is 0. The topological polar surface area (TPSA) is 37.3 Å². The number of rotatable bonds is 0. The van der Waals surface area contributed by atoms with Crippen LogP contribution in [0.2, 0.25) is 0 Å². The second-order valence-electron chi connectivity index (χ2n) is 0.519. The van der Waals surface area contributed by atoms with Gasteiger partial charge in [-0.05, 0) is 0 Å². The third kappa shape index (κ3) is 8420. The van der Waals surface area contributed by atoms with E-state index in [0.29, 0.717) is 0 Å². The first kappa shape index (κ1) is 16.6. The maximum atomic E-state index is 9.00. The molecule has 0 aromatic carbocycles. The Morgan fingerprint density at radius 1 is 1.67 bits per heavy atom. The summed E-state index contributed by atoms with van der Waals surface area (Å²) in [5, 5.41) is 7.42. The van der Waals surface area contributed by atoms with Gasteiger partial charge in [0, 0.05) is 6.92 Å². The van der Waals surface area contributed by atoms with Gasteiger partial charge in [-0.15, -0.1) is 0 Å². The van der Waals surface area contributed by atoms with E-state index >= 15 is 0 Å². The van der Waals surface area contributed by atoms with Gasteiger partial charge in [-0.25, -0.2) is 0 Å². The molecule has 0 heterocycles. The largest absolute Gasteiger partial charge is 1.00 e. The molecule has 0 saturated heterocycles. The van der Waals surface area contributed by atoms with Crippen molar-refractivity contribution in [3.05, 3.63) is 7.43 Å². The van der Waals surface area contributed by atoms with Crippen LogP contribution in [0.15, 0.2) is 0 Å². The molecule has 0 aliphatic rings. The molecule has 0 radical (unpaired) electrons. The number of aliphatic carboxylic acids is 1. The van der Waals surface area contributed by atoms with E-state index in [-0.39, 0.29) is 26.3 Å². The minimum absolute atomic E-state index is 0. The van der Waals surface area contributed by atoms with Crippen molar-refractivity contribution in [2.24, 2.45) is 0 Å². The van der Waals surface area contributed by atoms with E-state index in [4.69, 9.17) is 9.90 Å². The first-order valence-electron chi connectivity index (χ1n) is 0.928. The molecule has 0 bridgehead atoms. The molecule has 0 saturated carbocycles. The van der Waals surface area contributed by atoms with Crippen molar-refractivity contribution in [1.82, 2.24) is 0 Å². The first-order chi connectivity index (χ1) is 1.73. The molecule has 0 spiro atoms. The van der Waals surface area contributed by atoms with Crippen molar-refractivity contribution < 1.29 is 28.8 Å². The summed E-state index contributed by atoms with van der Waals surface area (Å²) in [6, 6.07) is 0. The van der Waals surface area contributed by atoms with Gasteiger partial charge < -0.3 is 12.5 Å².